The number of aliphatic hydroxyl groups is 1. The van der Waals surface area contributed by atoms with Gasteiger partial charge in [0.2, 0.25) is 0 Å². The van der Waals surface area contributed by atoms with Crippen molar-refractivity contribution < 1.29 is 33.7 Å². The number of rotatable bonds is 24. The maximum absolute atomic E-state index is 12.6. The second kappa shape index (κ2) is 23.7. The molecule has 0 aromatic rings. The van der Waals surface area contributed by atoms with Crippen molar-refractivity contribution in [1.82, 2.24) is 4.90 Å². The molecule has 0 rings (SSSR count). The number of likely N-dealkylation sites (N-methyl/N-ethyl adjacent to an activating group) is 1. The lowest BCUT2D eigenvalue weighted by molar-refractivity contribution is -0.160. The summed E-state index contributed by atoms with van der Waals surface area (Å²) in [6.07, 6.45) is 12.7. The van der Waals surface area contributed by atoms with E-state index in [9.17, 15) is 19.5 Å². The van der Waals surface area contributed by atoms with E-state index < -0.39 is 24.5 Å². The average Bonchev–Trinajstić information content (AvgIpc) is 2.84. The zero-order valence-corrected chi connectivity index (χ0v) is 23.4. The molecule has 8 heteroatoms. The molecule has 212 valence electrons. The van der Waals surface area contributed by atoms with Gasteiger partial charge in [-0.05, 0) is 39.8 Å². The molecular weight excluding hydrogens is 462 g/mol. The normalized spacial score (nSPS) is 12.8. The fraction of sp³-hybridized carbons (Fsp3) is 0.893. The molecule has 0 aliphatic heterocycles. The number of hydrogen-bond acceptors (Lipinski definition) is 8. The molecule has 0 fully saturated rings. The summed E-state index contributed by atoms with van der Waals surface area (Å²) in [6, 6.07) is 0. The van der Waals surface area contributed by atoms with Crippen molar-refractivity contribution in [2.75, 3.05) is 40.5 Å². The second-order valence-electron chi connectivity index (χ2n) is 9.89. The second-order valence-corrected chi connectivity index (χ2v) is 9.89. The van der Waals surface area contributed by atoms with Crippen LogP contribution in [0.3, 0.4) is 0 Å². The van der Waals surface area contributed by atoms with Crippen LogP contribution in [0.1, 0.15) is 110 Å². The molecule has 0 heterocycles. The Labute approximate surface area is 219 Å². The molecule has 1 N–H and O–H groups in total. The first-order chi connectivity index (χ1) is 17.3. The number of esters is 3. The van der Waals surface area contributed by atoms with E-state index in [-0.39, 0.29) is 25.1 Å². The van der Waals surface area contributed by atoms with Crippen LogP contribution in [0.2, 0.25) is 0 Å². The third-order valence-electron chi connectivity index (χ3n) is 6.11. The van der Waals surface area contributed by atoms with Gasteiger partial charge in [-0.2, -0.15) is 0 Å². The highest BCUT2D eigenvalue weighted by molar-refractivity contribution is 5.81. The summed E-state index contributed by atoms with van der Waals surface area (Å²) in [5.74, 6) is -1.63. The van der Waals surface area contributed by atoms with Crippen LogP contribution in [-0.4, -0.2) is 74.5 Å². The molecule has 0 aliphatic carbocycles. The molecule has 1 unspecified atom stereocenters. The van der Waals surface area contributed by atoms with E-state index in [1.54, 1.807) is 0 Å². The first kappa shape index (κ1) is 34.3. The van der Waals surface area contributed by atoms with Crippen molar-refractivity contribution in [2.45, 2.75) is 116 Å². The third-order valence-corrected chi connectivity index (χ3v) is 6.11. The Morgan fingerprint density at radius 1 is 0.667 bits per heavy atom. The van der Waals surface area contributed by atoms with Crippen molar-refractivity contribution in [2.24, 2.45) is 5.92 Å². The van der Waals surface area contributed by atoms with Gasteiger partial charge in [-0.3, -0.25) is 9.59 Å². The molecule has 8 nitrogen and oxygen atoms in total. The minimum Gasteiger partial charge on any atom is -0.465 e. The summed E-state index contributed by atoms with van der Waals surface area (Å²) in [4.78, 5) is 38.0. The first-order valence-corrected chi connectivity index (χ1v) is 14.1. The fourth-order valence-electron chi connectivity index (χ4n) is 3.77. The van der Waals surface area contributed by atoms with Gasteiger partial charge in [0, 0.05) is 6.54 Å². The predicted molar refractivity (Wildman–Crippen MR) is 142 cm³/mol. The molecule has 0 amide bonds. The van der Waals surface area contributed by atoms with Crippen LogP contribution in [0.15, 0.2) is 0 Å². The van der Waals surface area contributed by atoms with Crippen LogP contribution in [0.4, 0.5) is 0 Å². The van der Waals surface area contributed by atoms with Crippen LogP contribution < -0.4 is 0 Å². The summed E-state index contributed by atoms with van der Waals surface area (Å²) in [7, 11) is 3.70. The van der Waals surface area contributed by atoms with Gasteiger partial charge >= 0.3 is 17.9 Å². The molecule has 36 heavy (non-hydrogen) atoms. The van der Waals surface area contributed by atoms with E-state index in [4.69, 9.17) is 14.2 Å². The summed E-state index contributed by atoms with van der Waals surface area (Å²) in [5, 5.41) is 9.81. The quantitative estimate of drug-likeness (QED) is 0.108. The number of carbonyl (C=O) groups is 3. The fourth-order valence-corrected chi connectivity index (χ4v) is 3.77. The van der Waals surface area contributed by atoms with Crippen LogP contribution in [0.5, 0.6) is 0 Å². The highest BCUT2D eigenvalue weighted by Gasteiger charge is 2.22. The molecule has 0 saturated carbocycles. The Kier molecular flexibility index (Phi) is 22.6. The average molecular weight is 516 g/mol. The maximum Gasteiger partial charge on any atom is 0.335 e. The highest BCUT2D eigenvalue weighted by Crippen LogP contribution is 2.20. The number of nitrogens with zero attached hydrogens (tertiary/aromatic N) is 1. The third kappa shape index (κ3) is 20.5. The SMILES string of the molecule is CCCCCCCCC(CCCCCC)C(=O)OCCCCOC(=O)[C@@H](O)CC(=O)OCCN(C)C. The van der Waals surface area contributed by atoms with Gasteiger partial charge < -0.3 is 24.2 Å². The molecule has 0 aromatic heterocycles. The van der Waals surface area contributed by atoms with Gasteiger partial charge in [0.1, 0.15) is 6.61 Å². The van der Waals surface area contributed by atoms with Gasteiger partial charge in [-0.15, -0.1) is 0 Å². The van der Waals surface area contributed by atoms with Gasteiger partial charge in [-0.25, -0.2) is 4.79 Å². The van der Waals surface area contributed by atoms with Crippen LogP contribution in [0.25, 0.3) is 0 Å². The lowest BCUT2D eigenvalue weighted by atomic mass is 9.94. The van der Waals surface area contributed by atoms with Crippen LogP contribution in [-0.2, 0) is 28.6 Å². The number of unbranched alkanes of at least 4 members (excludes halogenated alkanes) is 9. The van der Waals surface area contributed by atoms with E-state index in [0.717, 1.165) is 32.1 Å². The Morgan fingerprint density at radius 2 is 1.17 bits per heavy atom. The highest BCUT2D eigenvalue weighted by atomic mass is 16.6. The smallest absolute Gasteiger partial charge is 0.335 e. The Morgan fingerprint density at radius 3 is 1.72 bits per heavy atom. The summed E-state index contributed by atoms with van der Waals surface area (Å²) < 4.78 is 15.5. The van der Waals surface area contributed by atoms with E-state index in [2.05, 4.69) is 13.8 Å². The number of hydrogen-bond donors (Lipinski definition) is 1. The molecule has 0 saturated heterocycles. The van der Waals surface area contributed by atoms with Crippen LogP contribution >= 0.6 is 0 Å². The summed E-state index contributed by atoms with van der Waals surface area (Å²) >= 11 is 0. The lowest BCUT2D eigenvalue weighted by Gasteiger charge is -2.16. The zero-order valence-electron chi connectivity index (χ0n) is 23.4. The molecule has 0 radical (unpaired) electrons. The van der Waals surface area contributed by atoms with Crippen molar-refractivity contribution in [3.63, 3.8) is 0 Å². The van der Waals surface area contributed by atoms with Crippen molar-refractivity contribution in [1.29, 1.82) is 0 Å². The van der Waals surface area contributed by atoms with Crippen LogP contribution in [0, 0.1) is 5.92 Å². The first-order valence-electron chi connectivity index (χ1n) is 14.1. The summed E-state index contributed by atoms with van der Waals surface area (Å²) in [5.41, 5.74) is 0. The monoisotopic (exact) mass is 515 g/mol. The number of carbonyl (C=O) groups excluding carboxylic acids is 3. The molecule has 0 aliphatic rings. The number of ether oxygens (including phenoxy) is 3. The predicted octanol–water partition coefficient (Wildman–Crippen LogP) is 5.05. The van der Waals surface area contributed by atoms with E-state index in [0.29, 0.717) is 26.0 Å². The van der Waals surface area contributed by atoms with Gasteiger partial charge in [-0.1, -0.05) is 78.1 Å². The van der Waals surface area contributed by atoms with Gasteiger partial charge in [0.05, 0.1) is 25.6 Å². The van der Waals surface area contributed by atoms with Crippen molar-refractivity contribution in [3.05, 3.63) is 0 Å². The Bertz CT molecular complexity index is 568. The largest absolute Gasteiger partial charge is 0.465 e. The minimum atomic E-state index is -1.54. The van der Waals surface area contributed by atoms with Gasteiger partial charge in [0.15, 0.2) is 6.10 Å². The Balaban J connectivity index is 4.11. The molecule has 0 bridgehead atoms. The standard InChI is InChI=1S/C28H53NO7/c1-5-7-9-11-12-14-18-24(17-13-10-8-6-2)27(32)35-20-15-16-21-36-28(33)25(30)23-26(31)34-22-19-29(3)4/h24-25,30H,5-23H2,1-4H3/t24?,25-/m0/s1. The van der Waals surface area contributed by atoms with Crippen molar-refractivity contribution in [3.8, 4) is 0 Å². The van der Waals surface area contributed by atoms with E-state index >= 15 is 0 Å². The zero-order chi connectivity index (χ0) is 27.0. The van der Waals surface area contributed by atoms with E-state index in [1.165, 1.54) is 44.9 Å². The minimum absolute atomic E-state index is 0.0292. The topological polar surface area (TPSA) is 102 Å². The molecule has 0 spiro atoms. The van der Waals surface area contributed by atoms with Crippen molar-refractivity contribution >= 4 is 17.9 Å². The summed E-state index contributed by atoms with van der Waals surface area (Å²) in [6.45, 7) is 5.55. The molecular formula is C28H53NO7. The molecule has 0 aromatic carbocycles. The molecule has 2 atom stereocenters. The van der Waals surface area contributed by atoms with Gasteiger partial charge in [0.25, 0.3) is 0 Å². The Hall–Kier alpha value is -1.67. The lowest BCUT2D eigenvalue weighted by Crippen LogP contribution is -2.28. The van der Waals surface area contributed by atoms with E-state index in [1.807, 2.05) is 19.0 Å². The maximum atomic E-state index is 12.6. The number of aliphatic hydroxyl groups excluding tert-OH is 1.